The maximum absolute atomic E-state index is 12.0. The molecule has 1 aromatic carbocycles. The second-order valence-corrected chi connectivity index (χ2v) is 5.61. The highest BCUT2D eigenvalue weighted by Crippen LogP contribution is 2.32. The third-order valence-corrected chi connectivity index (χ3v) is 2.61. The summed E-state index contributed by atoms with van der Waals surface area (Å²) in [7, 11) is 1.52. The van der Waals surface area contributed by atoms with Crippen LogP contribution in [0.1, 0.15) is 33.3 Å². The number of carbonyl (C=O) groups excluding carboxylic acids is 1. The summed E-state index contributed by atoms with van der Waals surface area (Å²) < 4.78 is 10.9. The quantitative estimate of drug-likeness (QED) is 0.864. The molecule has 1 rings (SSSR count). The molecule has 0 aromatic heterocycles. The maximum Gasteiger partial charge on any atom is 0.261 e. The van der Waals surface area contributed by atoms with Crippen molar-refractivity contribution in [3.05, 3.63) is 23.8 Å². The van der Waals surface area contributed by atoms with Crippen LogP contribution in [0.3, 0.4) is 0 Å². The Hall–Kier alpha value is -1.75. The molecule has 2 N–H and O–H groups in total. The average molecular weight is 281 g/mol. The molecule has 0 aliphatic heterocycles. The largest absolute Gasteiger partial charge is 0.493 e. The molecule has 0 aliphatic carbocycles. The van der Waals surface area contributed by atoms with Crippen molar-refractivity contribution in [2.24, 2.45) is 0 Å². The molecule has 0 radical (unpaired) electrons. The Kier molecular flexibility index (Phi) is 5.39. The molecule has 1 atom stereocenters. The molecule has 0 saturated heterocycles. The van der Waals surface area contributed by atoms with Gasteiger partial charge in [-0.3, -0.25) is 4.79 Å². The van der Waals surface area contributed by atoms with E-state index in [2.05, 4.69) is 5.32 Å². The van der Waals surface area contributed by atoms with Gasteiger partial charge in [0.05, 0.1) is 13.7 Å². The molecule has 5 heteroatoms. The lowest BCUT2D eigenvalue weighted by molar-refractivity contribution is -0.128. The first-order valence-corrected chi connectivity index (χ1v) is 6.54. The zero-order valence-corrected chi connectivity index (χ0v) is 12.7. The molecular formula is C15H23NO4. The van der Waals surface area contributed by atoms with Gasteiger partial charge in [-0.2, -0.15) is 0 Å². The standard InChI is InChI=1S/C15H23NO4/c1-10(14(18)16-15(2,3)4)20-13-11(9-17)7-6-8-12(13)19-5/h6-8,10,17H,9H2,1-5H3,(H,16,18). The van der Waals surface area contributed by atoms with Crippen molar-refractivity contribution in [3.8, 4) is 11.5 Å². The van der Waals surface area contributed by atoms with Crippen LogP contribution in [0.2, 0.25) is 0 Å². The van der Waals surface area contributed by atoms with Crippen LogP contribution >= 0.6 is 0 Å². The van der Waals surface area contributed by atoms with E-state index in [-0.39, 0.29) is 18.1 Å². The van der Waals surface area contributed by atoms with Gasteiger partial charge < -0.3 is 19.9 Å². The molecule has 5 nitrogen and oxygen atoms in total. The molecule has 0 heterocycles. The van der Waals surface area contributed by atoms with E-state index >= 15 is 0 Å². The Labute approximate surface area is 119 Å². The van der Waals surface area contributed by atoms with E-state index in [1.165, 1.54) is 7.11 Å². The summed E-state index contributed by atoms with van der Waals surface area (Å²) in [6.45, 7) is 7.19. The van der Waals surface area contributed by atoms with E-state index in [0.717, 1.165) is 0 Å². The molecule has 1 amide bonds. The summed E-state index contributed by atoms with van der Waals surface area (Å²) in [5.41, 5.74) is 0.259. The first-order chi connectivity index (χ1) is 9.28. The van der Waals surface area contributed by atoms with Gasteiger partial charge in [-0.15, -0.1) is 0 Å². The van der Waals surface area contributed by atoms with Crippen LogP contribution < -0.4 is 14.8 Å². The molecule has 0 aliphatic rings. The number of ether oxygens (including phenoxy) is 2. The summed E-state index contributed by atoms with van der Waals surface area (Å²) in [6.07, 6.45) is -0.684. The average Bonchev–Trinajstić information content (AvgIpc) is 2.36. The van der Waals surface area contributed by atoms with Crippen molar-refractivity contribution in [1.82, 2.24) is 5.32 Å². The SMILES string of the molecule is COc1cccc(CO)c1OC(C)C(=O)NC(C)(C)C. The zero-order chi connectivity index (χ0) is 15.3. The highest BCUT2D eigenvalue weighted by atomic mass is 16.5. The summed E-state index contributed by atoms with van der Waals surface area (Å²) in [4.78, 5) is 12.0. The minimum atomic E-state index is -0.684. The Morgan fingerprint density at radius 1 is 1.40 bits per heavy atom. The van der Waals surface area contributed by atoms with Gasteiger partial charge in [0.15, 0.2) is 17.6 Å². The van der Waals surface area contributed by atoms with Crippen LogP contribution in [0, 0.1) is 0 Å². The third kappa shape index (κ3) is 4.42. The number of benzene rings is 1. The van der Waals surface area contributed by atoms with E-state index in [4.69, 9.17) is 9.47 Å². The topological polar surface area (TPSA) is 67.8 Å². The number of nitrogens with one attached hydrogen (secondary N) is 1. The lowest BCUT2D eigenvalue weighted by Crippen LogP contribution is -2.46. The van der Waals surface area contributed by atoms with E-state index in [1.54, 1.807) is 25.1 Å². The molecule has 0 fully saturated rings. The summed E-state index contributed by atoms with van der Waals surface area (Å²) in [5, 5.41) is 12.2. The normalized spacial score (nSPS) is 12.7. The number of aliphatic hydroxyl groups is 1. The van der Waals surface area contributed by atoms with E-state index < -0.39 is 6.10 Å². The number of amides is 1. The van der Waals surface area contributed by atoms with Crippen LogP contribution in [0.15, 0.2) is 18.2 Å². The summed E-state index contributed by atoms with van der Waals surface area (Å²) >= 11 is 0. The van der Waals surface area contributed by atoms with Crippen LogP contribution in [0.5, 0.6) is 11.5 Å². The predicted octanol–water partition coefficient (Wildman–Crippen LogP) is 1.87. The van der Waals surface area contributed by atoms with Crippen molar-refractivity contribution < 1.29 is 19.4 Å². The number of hydrogen-bond acceptors (Lipinski definition) is 4. The van der Waals surface area contributed by atoms with Gasteiger partial charge in [-0.05, 0) is 33.8 Å². The first kappa shape index (κ1) is 16.3. The minimum absolute atomic E-state index is 0.180. The van der Waals surface area contributed by atoms with Crippen molar-refractivity contribution >= 4 is 5.91 Å². The molecule has 1 unspecified atom stereocenters. The van der Waals surface area contributed by atoms with Crippen molar-refractivity contribution in [1.29, 1.82) is 0 Å². The molecule has 0 spiro atoms. The Morgan fingerprint density at radius 3 is 2.55 bits per heavy atom. The smallest absolute Gasteiger partial charge is 0.261 e. The molecule has 0 saturated carbocycles. The van der Waals surface area contributed by atoms with Crippen molar-refractivity contribution in [2.45, 2.75) is 45.9 Å². The summed E-state index contributed by atoms with van der Waals surface area (Å²) in [5.74, 6) is 0.674. The molecule has 20 heavy (non-hydrogen) atoms. The van der Waals surface area contributed by atoms with Crippen LogP contribution in [0.4, 0.5) is 0 Å². The first-order valence-electron chi connectivity index (χ1n) is 6.54. The molecular weight excluding hydrogens is 258 g/mol. The third-order valence-electron chi connectivity index (χ3n) is 2.61. The monoisotopic (exact) mass is 281 g/mol. The van der Waals surface area contributed by atoms with Crippen LogP contribution in [-0.4, -0.2) is 29.8 Å². The lowest BCUT2D eigenvalue weighted by atomic mass is 10.1. The molecule has 112 valence electrons. The molecule has 1 aromatic rings. The fraction of sp³-hybridized carbons (Fsp3) is 0.533. The fourth-order valence-corrected chi connectivity index (χ4v) is 1.68. The van der Waals surface area contributed by atoms with Crippen LogP contribution in [0.25, 0.3) is 0 Å². The Bertz CT molecular complexity index is 443. The van der Waals surface area contributed by atoms with E-state index in [1.807, 2.05) is 20.8 Å². The maximum atomic E-state index is 12.0. The highest BCUT2D eigenvalue weighted by molar-refractivity contribution is 5.81. The second kappa shape index (κ2) is 6.61. The van der Waals surface area contributed by atoms with Gasteiger partial charge in [0.25, 0.3) is 5.91 Å². The van der Waals surface area contributed by atoms with Crippen molar-refractivity contribution in [2.75, 3.05) is 7.11 Å². The van der Waals surface area contributed by atoms with Gasteiger partial charge >= 0.3 is 0 Å². The molecule has 0 bridgehead atoms. The second-order valence-electron chi connectivity index (χ2n) is 5.61. The van der Waals surface area contributed by atoms with Gasteiger partial charge in [0.1, 0.15) is 0 Å². The van der Waals surface area contributed by atoms with Crippen molar-refractivity contribution in [3.63, 3.8) is 0 Å². The number of hydrogen-bond donors (Lipinski definition) is 2. The Morgan fingerprint density at radius 2 is 2.05 bits per heavy atom. The number of aliphatic hydroxyl groups excluding tert-OH is 1. The lowest BCUT2D eigenvalue weighted by Gasteiger charge is -2.24. The van der Waals surface area contributed by atoms with Gasteiger partial charge in [-0.25, -0.2) is 0 Å². The van der Waals surface area contributed by atoms with Gasteiger partial charge in [0, 0.05) is 11.1 Å². The minimum Gasteiger partial charge on any atom is -0.493 e. The summed E-state index contributed by atoms with van der Waals surface area (Å²) in [6, 6.07) is 5.21. The Balaban J connectivity index is 2.90. The predicted molar refractivity (Wildman–Crippen MR) is 76.9 cm³/mol. The number of carbonyl (C=O) groups is 1. The van der Waals surface area contributed by atoms with Gasteiger partial charge in [0.2, 0.25) is 0 Å². The zero-order valence-electron chi connectivity index (χ0n) is 12.7. The van der Waals surface area contributed by atoms with Crippen LogP contribution in [-0.2, 0) is 11.4 Å². The number of methoxy groups -OCH3 is 1. The fourth-order valence-electron chi connectivity index (χ4n) is 1.68. The highest BCUT2D eigenvalue weighted by Gasteiger charge is 2.22. The number of rotatable bonds is 5. The van der Waals surface area contributed by atoms with E-state index in [0.29, 0.717) is 17.1 Å². The number of para-hydroxylation sites is 1. The van der Waals surface area contributed by atoms with E-state index in [9.17, 15) is 9.90 Å². The van der Waals surface area contributed by atoms with Gasteiger partial charge in [-0.1, -0.05) is 12.1 Å².